The molecule has 2 N–H and O–H groups in total. The Balaban J connectivity index is 2.49. The monoisotopic (exact) mass is 304 g/mol. The van der Waals surface area contributed by atoms with Crippen LogP contribution in [-0.2, 0) is 11.3 Å². The Morgan fingerprint density at radius 1 is 1.29 bits per heavy atom. The molecule has 7 heteroatoms. The highest BCUT2D eigenvalue weighted by Gasteiger charge is 2.27. The Hall–Kier alpha value is -1.76. The number of hydrogen-bond donors (Lipinski definition) is 2. The summed E-state index contributed by atoms with van der Waals surface area (Å²) in [5.41, 5.74) is 0.842. The Morgan fingerprint density at radius 3 is 2.57 bits per heavy atom. The summed E-state index contributed by atoms with van der Waals surface area (Å²) in [7, 11) is 0. The van der Waals surface area contributed by atoms with Crippen molar-refractivity contribution in [2.45, 2.75) is 32.6 Å². The van der Waals surface area contributed by atoms with Gasteiger partial charge in [0, 0.05) is 18.2 Å². The van der Waals surface area contributed by atoms with Crippen LogP contribution >= 0.6 is 0 Å². The molecule has 1 aromatic carbocycles. The molecular formula is C14H19F3N2O2. The van der Waals surface area contributed by atoms with E-state index in [1.54, 1.807) is 17.4 Å². The van der Waals surface area contributed by atoms with Crippen LogP contribution in [0.1, 0.15) is 19.4 Å². The van der Waals surface area contributed by atoms with E-state index in [1.807, 2.05) is 26.0 Å². The van der Waals surface area contributed by atoms with Crippen molar-refractivity contribution < 1.29 is 22.7 Å². The third-order valence-electron chi connectivity index (χ3n) is 2.52. The van der Waals surface area contributed by atoms with E-state index in [0.717, 1.165) is 5.56 Å². The van der Waals surface area contributed by atoms with Crippen molar-refractivity contribution in [1.29, 1.82) is 0 Å². The van der Waals surface area contributed by atoms with Crippen LogP contribution < -0.4 is 15.4 Å². The Kier molecular flexibility index (Phi) is 6.48. The Bertz CT molecular complexity index is 462. The molecule has 0 aromatic heterocycles. The van der Waals surface area contributed by atoms with E-state index >= 15 is 0 Å². The topological polar surface area (TPSA) is 50.4 Å². The highest BCUT2D eigenvalue weighted by molar-refractivity contribution is 5.77. The van der Waals surface area contributed by atoms with E-state index in [0.29, 0.717) is 12.3 Å². The SMILES string of the molecule is CC(C)NCc1ccccc1OCC(=O)NCC(F)(F)F. The van der Waals surface area contributed by atoms with E-state index in [2.05, 4.69) is 5.32 Å². The fourth-order valence-corrected chi connectivity index (χ4v) is 1.50. The van der Waals surface area contributed by atoms with Gasteiger partial charge in [-0.15, -0.1) is 0 Å². The standard InChI is InChI=1S/C14H19F3N2O2/c1-10(2)18-7-11-5-3-4-6-12(11)21-8-13(20)19-9-14(15,16)17/h3-6,10,18H,7-9H2,1-2H3,(H,19,20). The molecule has 0 saturated carbocycles. The molecule has 0 saturated heterocycles. The van der Waals surface area contributed by atoms with Gasteiger partial charge in [-0.25, -0.2) is 0 Å². The number of hydrogen-bond acceptors (Lipinski definition) is 3. The van der Waals surface area contributed by atoms with Crippen LogP contribution in [0, 0.1) is 0 Å². The number of ether oxygens (including phenoxy) is 1. The number of benzene rings is 1. The molecule has 0 atom stereocenters. The molecule has 0 aliphatic rings. The van der Waals surface area contributed by atoms with E-state index in [-0.39, 0.29) is 6.04 Å². The Morgan fingerprint density at radius 2 is 1.95 bits per heavy atom. The fraction of sp³-hybridized carbons (Fsp3) is 0.500. The van der Waals surface area contributed by atoms with Gasteiger partial charge < -0.3 is 15.4 Å². The van der Waals surface area contributed by atoms with Crippen molar-refractivity contribution in [3.05, 3.63) is 29.8 Å². The maximum atomic E-state index is 12.0. The summed E-state index contributed by atoms with van der Waals surface area (Å²) in [6.45, 7) is 2.74. The lowest BCUT2D eigenvalue weighted by atomic mass is 10.2. The summed E-state index contributed by atoms with van der Waals surface area (Å²) >= 11 is 0. The highest BCUT2D eigenvalue weighted by Crippen LogP contribution is 2.18. The zero-order valence-corrected chi connectivity index (χ0v) is 12.0. The smallest absolute Gasteiger partial charge is 0.405 e. The summed E-state index contributed by atoms with van der Waals surface area (Å²) < 4.78 is 41.1. The summed E-state index contributed by atoms with van der Waals surface area (Å²) in [4.78, 5) is 11.3. The van der Waals surface area contributed by atoms with Crippen molar-refractivity contribution in [2.24, 2.45) is 0 Å². The van der Waals surface area contributed by atoms with Gasteiger partial charge in [0.1, 0.15) is 12.3 Å². The van der Waals surface area contributed by atoms with E-state index in [9.17, 15) is 18.0 Å². The zero-order chi connectivity index (χ0) is 15.9. The van der Waals surface area contributed by atoms with Crippen molar-refractivity contribution in [3.63, 3.8) is 0 Å². The predicted octanol–water partition coefficient (Wildman–Crippen LogP) is 2.24. The first kappa shape index (κ1) is 17.3. The second-order valence-corrected chi connectivity index (χ2v) is 4.82. The second kappa shape index (κ2) is 7.87. The minimum absolute atomic E-state index is 0.285. The lowest BCUT2D eigenvalue weighted by molar-refractivity contribution is -0.139. The molecule has 118 valence electrons. The Labute approximate surface area is 121 Å². The van der Waals surface area contributed by atoms with E-state index < -0.39 is 25.2 Å². The number of carbonyl (C=O) groups excluding carboxylic acids is 1. The highest BCUT2D eigenvalue weighted by atomic mass is 19.4. The zero-order valence-electron chi connectivity index (χ0n) is 12.0. The minimum Gasteiger partial charge on any atom is -0.483 e. The lowest BCUT2D eigenvalue weighted by Crippen LogP contribution is -2.36. The van der Waals surface area contributed by atoms with Crippen LogP contribution in [0.15, 0.2) is 24.3 Å². The van der Waals surface area contributed by atoms with Crippen LogP contribution in [0.2, 0.25) is 0 Å². The molecule has 1 amide bonds. The van der Waals surface area contributed by atoms with Gasteiger partial charge in [0.15, 0.2) is 6.61 Å². The maximum absolute atomic E-state index is 12.0. The molecule has 0 heterocycles. The fourth-order valence-electron chi connectivity index (χ4n) is 1.50. The number of alkyl halides is 3. The molecule has 0 aliphatic heterocycles. The third kappa shape index (κ3) is 7.55. The van der Waals surface area contributed by atoms with Crippen LogP contribution in [0.3, 0.4) is 0 Å². The number of rotatable bonds is 7. The van der Waals surface area contributed by atoms with E-state index in [4.69, 9.17) is 4.74 Å². The molecule has 0 spiro atoms. The number of amides is 1. The van der Waals surface area contributed by atoms with E-state index in [1.165, 1.54) is 0 Å². The number of halogens is 3. The van der Waals surface area contributed by atoms with Gasteiger partial charge in [0.25, 0.3) is 5.91 Å². The molecule has 0 fully saturated rings. The van der Waals surface area contributed by atoms with Gasteiger partial charge in [0.05, 0.1) is 0 Å². The van der Waals surface area contributed by atoms with Gasteiger partial charge >= 0.3 is 6.18 Å². The molecule has 0 unspecified atom stereocenters. The molecular weight excluding hydrogens is 285 g/mol. The van der Waals surface area contributed by atoms with Gasteiger partial charge in [-0.05, 0) is 6.07 Å². The predicted molar refractivity (Wildman–Crippen MR) is 73.0 cm³/mol. The molecule has 4 nitrogen and oxygen atoms in total. The first-order valence-corrected chi connectivity index (χ1v) is 6.55. The van der Waals surface area contributed by atoms with Crippen LogP contribution in [0.25, 0.3) is 0 Å². The average Bonchev–Trinajstić information content (AvgIpc) is 2.40. The van der Waals surface area contributed by atoms with Gasteiger partial charge in [0.2, 0.25) is 0 Å². The molecule has 0 bridgehead atoms. The summed E-state index contributed by atoms with van der Waals surface area (Å²) in [5.74, 6) is -0.327. The molecule has 1 aromatic rings. The van der Waals surface area contributed by atoms with Gasteiger partial charge in [-0.2, -0.15) is 13.2 Å². The first-order valence-electron chi connectivity index (χ1n) is 6.55. The molecule has 21 heavy (non-hydrogen) atoms. The molecule has 0 aliphatic carbocycles. The molecule has 1 rings (SSSR count). The third-order valence-corrected chi connectivity index (χ3v) is 2.52. The van der Waals surface area contributed by atoms with Crippen molar-refractivity contribution in [1.82, 2.24) is 10.6 Å². The number of para-hydroxylation sites is 1. The van der Waals surface area contributed by atoms with Crippen LogP contribution in [0.5, 0.6) is 5.75 Å². The second-order valence-electron chi connectivity index (χ2n) is 4.82. The maximum Gasteiger partial charge on any atom is 0.405 e. The normalized spacial score (nSPS) is 11.5. The van der Waals surface area contributed by atoms with Crippen molar-refractivity contribution >= 4 is 5.91 Å². The average molecular weight is 304 g/mol. The quantitative estimate of drug-likeness (QED) is 0.812. The lowest BCUT2D eigenvalue weighted by Gasteiger charge is -2.14. The van der Waals surface area contributed by atoms with Crippen molar-refractivity contribution in [3.8, 4) is 5.75 Å². The van der Waals surface area contributed by atoms with Crippen LogP contribution in [0.4, 0.5) is 13.2 Å². The van der Waals surface area contributed by atoms with Crippen molar-refractivity contribution in [2.75, 3.05) is 13.2 Å². The van der Waals surface area contributed by atoms with Crippen LogP contribution in [-0.4, -0.2) is 31.3 Å². The number of carbonyl (C=O) groups is 1. The summed E-state index contributed by atoms with van der Waals surface area (Å²) in [6.07, 6.45) is -4.42. The molecule has 0 radical (unpaired) electrons. The summed E-state index contributed by atoms with van der Waals surface area (Å²) in [6, 6.07) is 7.36. The largest absolute Gasteiger partial charge is 0.483 e. The van der Waals surface area contributed by atoms with Gasteiger partial charge in [-0.3, -0.25) is 4.79 Å². The van der Waals surface area contributed by atoms with Gasteiger partial charge in [-0.1, -0.05) is 32.0 Å². The minimum atomic E-state index is -4.42. The first-order chi connectivity index (χ1) is 9.78. The summed E-state index contributed by atoms with van der Waals surface area (Å²) in [5, 5.41) is 4.96. The number of nitrogens with one attached hydrogen (secondary N) is 2.